The number of aliphatic hydroxyl groups is 5. The van der Waals surface area contributed by atoms with Crippen molar-refractivity contribution in [2.24, 2.45) is 17.6 Å². The summed E-state index contributed by atoms with van der Waals surface area (Å²) in [7, 11) is 2.80. The maximum Gasteiger partial charge on any atom is 0.255 e. The van der Waals surface area contributed by atoms with Crippen LogP contribution in [0.15, 0.2) is 35.1 Å². The quantitative estimate of drug-likeness (QED) is 0.257. The number of nitrogens with two attached hydrogens (primary N) is 1. The number of hydrogen-bond acceptors (Lipinski definition) is 10. The zero-order valence-electron chi connectivity index (χ0n) is 18.0. The summed E-state index contributed by atoms with van der Waals surface area (Å²) in [5, 5.41) is 66.3. The third-order valence-electron chi connectivity index (χ3n) is 7.03. The zero-order chi connectivity index (χ0) is 24.8. The molecule has 11 heteroatoms. The summed E-state index contributed by atoms with van der Waals surface area (Å²) in [6, 6.07) is 2.50. The second kappa shape index (κ2) is 6.87. The minimum atomic E-state index is -3.02. The number of aliphatic hydroxyl groups excluding tert-OH is 3. The Morgan fingerprint density at radius 3 is 2.27 bits per heavy atom. The lowest BCUT2D eigenvalue weighted by atomic mass is 9.53. The molecule has 1 saturated carbocycles. The molecular formula is C22H24N2O9. The van der Waals surface area contributed by atoms with Gasteiger partial charge in [0.1, 0.15) is 22.8 Å². The van der Waals surface area contributed by atoms with E-state index in [0.29, 0.717) is 0 Å². The van der Waals surface area contributed by atoms with E-state index in [4.69, 9.17) is 5.73 Å². The molecule has 11 nitrogen and oxygen atoms in total. The molecule has 176 valence electrons. The third-order valence-corrected chi connectivity index (χ3v) is 7.03. The average Bonchev–Trinajstić information content (AvgIpc) is 2.70. The van der Waals surface area contributed by atoms with E-state index in [1.807, 2.05) is 0 Å². The van der Waals surface area contributed by atoms with E-state index in [1.165, 1.54) is 44.1 Å². The van der Waals surface area contributed by atoms with Crippen LogP contribution in [-0.4, -0.2) is 84.9 Å². The van der Waals surface area contributed by atoms with Crippen LogP contribution in [-0.2, 0) is 20.0 Å². The Hall–Kier alpha value is -3.25. The number of rotatable bonds is 2. The molecule has 2 unspecified atom stereocenters. The van der Waals surface area contributed by atoms with Crippen LogP contribution in [0.4, 0.5) is 0 Å². The number of nitrogens with zero attached hydrogens (tertiary/aromatic N) is 1. The normalized spacial score (nSPS) is 36.0. The van der Waals surface area contributed by atoms with Crippen LogP contribution in [0, 0.1) is 11.8 Å². The summed E-state index contributed by atoms with van der Waals surface area (Å²) < 4.78 is 0. The molecule has 0 aromatic heterocycles. The molecule has 0 saturated heterocycles. The van der Waals surface area contributed by atoms with E-state index in [0.717, 1.165) is 0 Å². The number of phenolic OH excluding ortho intramolecular Hbond substituents is 1. The van der Waals surface area contributed by atoms with Crippen LogP contribution in [0.3, 0.4) is 0 Å². The van der Waals surface area contributed by atoms with Crippen molar-refractivity contribution >= 4 is 23.2 Å². The van der Waals surface area contributed by atoms with E-state index in [9.17, 15) is 45.0 Å². The highest BCUT2D eigenvalue weighted by Gasteiger charge is 2.70. The fourth-order valence-electron chi connectivity index (χ4n) is 5.60. The van der Waals surface area contributed by atoms with Crippen molar-refractivity contribution in [3.63, 3.8) is 0 Å². The average molecular weight is 460 g/mol. The second-order valence-electron chi connectivity index (χ2n) is 9.06. The molecule has 33 heavy (non-hydrogen) atoms. The molecule has 8 N–H and O–H groups in total. The van der Waals surface area contributed by atoms with Gasteiger partial charge >= 0.3 is 0 Å². The smallest absolute Gasteiger partial charge is 0.255 e. The number of hydrogen-bond donors (Lipinski definition) is 7. The maximum atomic E-state index is 13.7. The summed E-state index contributed by atoms with van der Waals surface area (Å²) in [4.78, 5) is 39.9. The predicted octanol–water partition coefficient (Wildman–Crippen LogP) is -1.40. The van der Waals surface area contributed by atoms with Gasteiger partial charge in [-0.2, -0.15) is 0 Å². The molecule has 0 spiro atoms. The molecule has 0 heterocycles. The molecule has 1 aromatic rings. The molecule has 1 aromatic carbocycles. The summed E-state index contributed by atoms with van der Waals surface area (Å²) in [6.07, 6.45) is -1.87. The number of likely N-dealkylation sites (N-methyl/N-ethyl adjacent to an activating group) is 1. The van der Waals surface area contributed by atoms with Gasteiger partial charge in [0.15, 0.2) is 11.4 Å². The van der Waals surface area contributed by atoms with Crippen molar-refractivity contribution in [2.75, 3.05) is 14.1 Å². The van der Waals surface area contributed by atoms with Gasteiger partial charge in [-0.1, -0.05) is 12.1 Å². The fraction of sp³-hybridized carbons (Fsp3) is 0.409. The predicted molar refractivity (Wildman–Crippen MR) is 112 cm³/mol. The van der Waals surface area contributed by atoms with E-state index >= 15 is 0 Å². The summed E-state index contributed by atoms with van der Waals surface area (Å²) >= 11 is 0. The first kappa shape index (κ1) is 22.9. The number of amides is 1. The lowest BCUT2D eigenvalue weighted by Crippen LogP contribution is -2.71. The van der Waals surface area contributed by atoms with Crippen molar-refractivity contribution < 1.29 is 45.0 Å². The van der Waals surface area contributed by atoms with Crippen LogP contribution in [0.1, 0.15) is 18.1 Å². The number of carbonyl (C=O) groups excluding carboxylic acids is 3. The molecule has 1 fully saturated rings. The van der Waals surface area contributed by atoms with Crippen molar-refractivity contribution in [1.29, 1.82) is 0 Å². The minimum Gasteiger partial charge on any atom is -0.508 e. The molecule has 6 atom stereocenters. The Morgan fingerprint density at radius 2 is 1.73 bits per heavy atom. The number of fused-ring (bicyclic) bond motifs is 3. The highest BCUT2D eigenvalue weighted by atomic mass is 16.4. The van der Waals surface area contributed by atoms with Crippen LogP contribution >= 0.6 is 0 Å². The first-order valence-electron chi connectivity index (χ1n) is 10.1. The van der Waals surface area contributed by atoms with Crippen LogP contribution in [0.2, 0.25) is 0 Å². The second-order valence-corrected chi connectivity index (χ2v) is 9.06. The molecule has 0 aliphatic heterocycles. The van der Waals surface area contributed by atoms with Gasteiger partial charge in [0.2, 0.25) is 5.78 Å². The maximum absolute atomic E-state index is 13.7. The van der Waals surface area contributed by atoms with Crippen LogP contribution in [0.25, 0.3) is 5.76 Å². The zero-order valence-corrected chi connectivity index (χ0v) is 18.0. The van der Waals surface area contributed by atoms with Crippen molar-refractivity contribution in [3.8, 4) is 5.75 Å². The Labute approximate surface area is 187 Å². The highest BCUT2D eigenvalue weighted by Crippen LogP contribution is 2.57. The van der Waals surface area contributed by atoms with Gasteiger partial charge in [-0.25, -0.2) is 0 Å². The number of Topliss-reactive ketones (excluding diaryl/α,β-unsaturated/α-hetero) is 2. The molecule has 3 aliphatic carbocycles. The molecular weight excluding hydrogens is 436 g/mol. The van der Waals surface area contributed by atoms with E-state index < -0.39 is 81.1 Å². The minimum absolute atomic E-state index is 0.00664. The topological polar surface area (TPSA) is 202 Å². The van der Waals surface area contributed by atoms with Gasteiger partial charge in [0.25, 0.3) is 5.91 Å². The highest BCUT2D eigenvalue weighted by molar-refractivity contribution is 6.24. The van der Waals surface area contributed by atoms with Gasteiger partial charge < -0.3 is 36.4 Å². The van der Waals surface area contributed by atoms with Gasteiger partial charge in [0, 0.05) is 0 Å². The SMILES string of the molecule is CN(C)[C@@H]1C(=O)C(C(N)=O)=C(O)[C@@]2(O)C(=O)C3=C(O)c4c(O)cccc4[C@@](C)(O)C3C(O)[C@@H]12. The largest absolute Gasteiger partial charge is 0.508 e. The number of benzene rings is 1. The number of aromatic hydroxyl groups is 1. The van der Waals surface area contributed by atoms with E-state index in [-0.39, 0.29) is 11.1 Å². The van der Waals surface area contributed by atoms with E-state index in [1.54, 1.807) is 0 Å². The monoisotopic (exact) mass is 460 g/mol. The number of primary amides is 1. The van der Waals surface area contributed by atoms with Gasteiger partial charge in [0.05, 0.1) is 40.7 Å². The van der Waals surface area contributed by atoms with Crippen molar-refractivity contribution in [1.82, 2.24) is 4.90 Å². The first-order valence-corrected chi connectivity index (χ1v) is 10.1. The van der Waals surface area contributed by atoms with Gasteiger partial charge in [-0.05, 0) is 32.6 Å². The summed E-state index contributed by atoms with van der Waals surface area (Å²) in [5.41, 5.74) is -1.78. The summed E-state index contributed by atoms with van der Waals surface area (Å²) in [6.45, 7) is 1.25. The molecule has 1 amide bonds. The molecule has 3 aliphatic rings. The summed E-state index contributed by atoms with van der Waals surface area (Å²) in [5.74, 6) is -9.67. The lowest BCUT2D eigenvalue weighted by molar-refractivity contribution is -0.181. The van der Waals surface area contributed by atoms with Crippen LogP contribution in [0.5, 0.6) is 5.75 Å². The number of ketones is 2. The first-order chi connectivity index (χ1) is 15.2. The Morgan fingerprint density at radius 1 is 1.12 bits per heavy atom. The molecule has 0 bridgehead atoms. The standard InChI is InChI=1S/C22H24N2O9/c1-21(32)7-5-4-6-8(25)9(7)15(26)10-12(21)17(28)13-14(24(2)3)16(27)11(20(23)31)19(30)22(13,33)18(10)29/h4-6,12-14,17,25-26,28,30,32-33H,1-3H3,(H2,23,31)/t12?,13-,14+,17?,21-,22+/m1/s1. The van der Waals surface area contributed by atoms with E-state index in [2.05, 4.69) is 0 Å². The lowest BCUT2D eigenvalue weighted by Gasteiger charge is -2.55. The molecule has 0 radical (unpaired) electrons. The Kier molecular flexibility index (Phi) is 4.78. The molecule has 4 rings (SSSR count). The fourth-order valence-corrected chi connectivity index (χ4v) is 5.60. The number of carbonyl (C=O) groups is 3. The van der Waals surface area contributed by atoms with Crippen molar-refractivity contribution in [2.45, 2.75) is 30.3 Å². The Balaban J connectivity index is 2.11. The van der Waals surface area contributed by atoms with Crippen molar-refractivity contribution in [3.05, 3.63) is 46.2 Å². The number of phenols is 1. The van der Waals surface area contributed by atoms with Crippen LogP contribution < -0.4 is 5.73 Å². The Bertz CT molecular complexity index is 1180. The van der Waals surface area contributed by atoms with Gasteiger partial charge in [-0.15, -0.1) is 0 Å². The third kappa shape index (κ3) is 2.61. The van der Waals surface area contributed by atoms with Gasteiger partial charge in [-0.3, -0.25) is 19.3 Å².